The first kappa shape index (κ1) is 21.7. The maximum Gasteiger partial charge on any atom is 0.263 e. The molecule has 0 aliphatic carbocycles. The number of amides is 1. The molecule has 4 N–H and O–H groups in total. The topological polar surface area (TPSA) is 134 Å². The van der Waals surface area contributed by atoms with E-state index in [2.05, 4.69) is 28.3 Å². The summed E-state index contributed by atoms with van der Waals surface area (Å²) in [6.45, 7) is 4.07. The zero-order valence-corrected chi connectivity index (χ0v) is 18.3. The number of para-hydroxylation sites is 1. The summed E-state index contributed by atoms with van der Waals surface area (Å²) < 4.78 is 3.18. The molecule has 0 radical (unpaired) electrons. The van der Waals surface area contributed by atoms with Crippen LogP contribution in [0.4, 0.5) is 5.82 Å². The number of fused-ring (bicyclic) bond motifs is 2. The Labute approximate surface area is 189 Å². The maximum absolute atomic E-state index is 12.9. The van der Waals surface area contributed by atoms with Crippen LogP contribution in [0, 0.1) is 6.92 Å². The van der Waals surface area contributed by atoms with E-state index in [4.69, 9.17) is 11.5 Å². The van der Waals surface area contributed by atoms with Crippen molar-refractivity contribution in [2.75, 3.05) is 5.73 Å². The van der Waals surface area contributed by atoms with Gasteiger partial charge in [0.15, 0.2) is 5.82 Å². The Hall–Kier alpha value is -4.53. The highest BCUT2D eigenvalue weighted by atomic mass is 16.1. The molecule has 0 aliphatic heterocycles. The van der Waals surface area contributed by atoms with Crippen LogP contribution in [-0.2, 0) is 6.42 Å². The van der Waals surface area contributed by atoms with Gasteiger partial charge in [-0.15, -0.1) is 10.2 Å². The summed E-state index contributed by atoms with van der Waals surface area (Å²) in [5.74, 6) is -0.539. The normalized spacial score (nSPS) is 10.7. The van der Waals surface area contributed by atoms with E-state index in [9.17, 15) is 9.59 Å². The third-order valence-electron chi connectivity index (χ3n) is 5.34. The molecular weight excluding hydrogens is 418 g/mol. The molecule has 0 bridgehead atoms. The molecule has 3 aromatic heterocycles. The summed E-state index contributed by atoms with van der Waals surface area (Å²) in [6.07, 6.45) is 3.55. The second kappa shape index (κ2) is 8.91. The number of rotatable bonds is 3. The molecule has 5 rings (SSSR count). The van der Waals surface area contributed by atoms with Crippen molar-refractivity contribution in [3.8, 4) is 5.69 Å². The van der Waals surface area contributed by atoms with Crippen LogP contribution in [-0.4, -0.2) is 30.3 Å². The number of aromatic nitrogens is 5. The monoisotopic (exact) mass is 441 g/mol. The van der Waals surface area contributed by atoms with E-state index in [0.717, 1.165) is 34.1 Å². The Morgan fingerprint density at radius 2 is 1.82 bits per heavy atom. The van der Waals surface area contributed by atoms with Gasteiger partial charge >= 0.3 is 0 Å². The molecule has 0 saturated heterocycles. The SMILES string of the molecule is CCc1cc2cccc(C)c2c(=O)n1-c1ccccc1.NC(=O)c1c(N)nn2cnncc12. The molecule has 9 nitrogen and oxygen atoms in total. The van der Waals surface area contributed by atoms with Crippen molar-refractivity contribution in [1.29, 1.82) is 0 Å². The molecule has 0 spiro atoms. The summed E-state index contributed by atoms with van der Waals surface area (Å²) in [7, 11) is 0. The molecule has 0 atom stereocenters. The smallest absolute Gasteiger partial charge is 0.263 e. The molecule has 2 aromatic carbocycles. The lowest BCUT2D eigenvalue weighted by molar-refractivity contribution is 0.100. The first-order valence-corrected chi connectivity index (χ1v) is 10.4. The Morgan fingerprint density at radius 3 is 2.52 bits per heavy atom. The Balaban J connectivity index is 0.000000172. The molecule has 33 heavy (non-hydrogen) atoms. The molecule has 5 aromatic rings. The third-order valence-corrected chi connectivity index (χ3v) is 5.34. The Kier molecular flexibility index (Phi) is 5.86. The quantitative estimate of drug-likeness (QED) is 0.442. The fraction of sp³-hybridized carbons (Fsp3) is 0.125. The number of nitrogens with two attached hydrogens (primary N) is 2. The van der Waals surface area contributed by atoms with Crippen LogP contribution in [0.15, 0.2) is 71.9 Å². The van der Waals surface area contributed by atoms with Gasteiger partial charge in [0.1, 0.15) is 17.4 Å². The average Bonchev–Trinajstić information content (AvgIpc) is 3.15. The Morgan fingerprint density at radius 1 is 1.06 bits per heavy atom. The number of nitrogen functional groups attached to an aromatic ring is 1. The zero-order valence-electron chi connectivity index (χ0n) is 18.3. The number of benzene rings is 2. The second-order valence-corrected chi connectivity index (χ2v) is 7.43. The molecule has 3 heterocycles. The minimum atomic E-state index is -0.625. The number of hydrogen-bond acceptors (Lipinski definition) is 6. The van der Waals surface area contributed by atoms with Gasteiger partial charge in [0.2, 0.25) is 0 Å². The van der Waals surface area contributed by atoms with E-state index < -0.39 is 5.91 Å². The summed E-state index contributed by atoms with van der Waals surface area (Å²) in [6, 6.07) is 18.0. The van der Waals surface area contributed by atoms with Gasteiger partial charge in [0.05, 0.1) is 11.6 Å². The largest absolute Gasteiger partial charge is 0.382 e. The molecule has 166 valence electrons. The highest BCUT2D eigenvalue weighted by Crippen LogP contribution is 2.19. The number of anilines is 1. The second-order valence-electron chi connectivity index (χ2n) is 7.43. The van der Waals surface area contributed by atoms with Gasteiger partial charge in [0, 0.05) is 11.4 Å². The van der Waals surface area contributed by atoms with E-state index in [1.54, 1.807) is 0 Å². The molecule has 9 heteroatoms. The van der Waals surface area contributed by atoms with Crippen molar-refractivity contribution in [2.24, 2.45) is 5.73 Å². The van der Waals surface area contributed by atoms with E-state index in [1.165, 1.54) is 17.0 Å². The third kappa shape index (κ3) is 4.03. The van der Waals surface area contributed by atoms with E-state index in [-0.39, 0.29) is 16.9 Å². The number of hydrogen-bond donors (Lipinski definition) is 2. The van der Waals surface area contributed by atoms with Gasteiger partial charge in [-0.1, -0.05) is 43.3 Å². The average molecular weight is 441 g/mol. The Bertz CT molecular complexity index is 1520. The number of carbonyl (C=O) groups excluding carboxylic acids is 1. The number of pyridine rings is 1. The van der Waals surface area contributed by atoms with E-state index in [0.29, 0.717) is 5.52 Å². The highest BCUT2D eigenvalue weighted by Gasteiger charge is 2.15. The molecule has 1 amide bonds. The van der Waals surface area contributed by atoms with Gasteiger partial charge < -0.3 is 11.5 Å². The summed E-state index contributed by atoms with van der Waals surface area (Å²) in [4.78, 5) is 23.8. The van der Waals surface area contributed by atoms with Crippen LogP contribution in [0.3, 0.4) is 0 Å². The van der Waals surface area contributed by atoms with E-state index in [1.807, 2.05) is 60.0 Å². The first-order valence-electron chi connectivity index (χ1n) is 10.4. The lowest BCUT2D eigenvalue weighted by atomic mass is 10.1. The molecule has 0 unspecified atom stereocenters. The number of primary amides is 1. The lowest BCUT2D eigenvalue weighted by Crippen LogP contribution is -2.22. The predicted molar refractivity (Wildman–Crippen MR) is 127 cm³/mol. The maximum atomic E-state index is 12.9. The van der Waals surface area contributed by atoms with Gasteiger partial charge in [-0.3, -0.25) is 14.2 Å². The molecule has 0 saturated carbocycles. The van der Waals surface area contributed by atoms with Crippen LogP contribution >= 0.6 is 0 Å². The standard InChI is InChI=1S/C18H17NO.C6H6N6O/c1-3-15-12-14-9-7-8-13(2)17(14)18(20)19(15)16-10-5-4-6-11-16;7-5-4(6(8)13)3-1-9-10-2-12(3)11-5/h4-12H,3H2,1-2H3;1-2H,(H2,7,11)(H2,8,13). The first-order chi connectivity index (χ1) is 15.9. The number of carbonyl (C=O) groups is 1. The van der Waals surface area contributed by atoms with Crippen molar-refractivity contribution in [2.45, 2.75) is 20.3 Å². The van der Waals surface area contributed by atoms with Crippen LogP contribution in [0.1, 0.15) is 28.5 Å². The lowest BCUT2D eigenvalue weighted by Gasteiger charge is -2.14. The van der Waals surface area contributed by atoms with Crippen LogP contribution in [0.2, 0.25) is 0 Å². The van der Waals surface area contributed by atoms with Crippen molar-refractivity contribution in [3.05, 3.63) is 94.3 Å². The van der Waals surface area contributed by atoms with E-state index >= 15 is 0 Å². The predicted octanol–water partition coefficient (Wildman–Crippen LogP) is 2.67. The molecular formula is C24H23N7O2. The van der Waals surface area contributed by atoms with Crippen molar-refractivity contribution < 1.29 is 4.79 Å². The van der Waals surface area contributed by atoms with Crippen LogP contribution in [0.25, 0.3) is 22.0 Å². The van der Waals surface area contributed by atoms with Crippen LogP contribution in [0.5, 0.6) is 0 Å². The molecule has 0 aliphatic rings. The van der Waals surface area contributed by atoms with Crippen molar-refractivity contribution in [3.63, 3.8) is 0 Å². The van der Waals surface area contributed by atoms with Gasteiger partial charge in [-0.2, -0.15) is 5.10 Å². The van der Waals surface area contributed by atoms with Crippen molar-refractivity contribution in [1.82, 2.24) is 24.4 Å². The summed E-state index contributed by atoms with van der Waals surface area (Å²) >= 11 is 0. The van der Waals surface area contributed by atoms with Crippen LogP contribution < -0.4 is 17.0 Å². The number of nitrogens with zero attached hydrogens (tertiary/aromatic N) is 5. The molecule has 0 fully saturated rings. The van der Waals surface area contributed by atoms with Crippen molar-refractivity contribution >= 4 is 28.0 Å². The van der Waals surface area contributed by atoms with Gasteiger partial charge in [-0.25, -0.2) is 4.52 Å². The fourth-order valence-corrected chi connectivity index (χ4v) is 3.81. The van der Waals surface area contributed by atoms with Gasteiger partial charge in [-0.05, 0) is 42.5 Å². The minimum absolute atomic E-state index is 0.0728. The summed E-state index contributed by atoms with van der Waals surface area (Å²) in [5, 5.41) is 12.8. The zero-order chi connectivity index (χ0) is 23.5. The number of aryl methyl sites for hydroxylation is 2. The highest BCUT2D eigenvalue weighted by molar-refractivity contribution is 6.03. The minimum Gasteiger partial charge on any atom is -0.382 e. The summed E-state index contributed by atoms with van der Waals surface area (Å²) in [5.41, 5.74) is 14.3. The fourth-order valence-electron chi connectivity index (χ4n) is 3.81. The van der Waals surface area contributed by atoms with Gasteiger partial charge in [0.25, 0.3) is 11.5 Å².